The fourth-order valence-electron chi connectivity index (χ4n) is 3.17. The average Bonchev–Trinajstić information content (AvgIpc) is 2.75. The van der Waals surface area contributed by atoms with Gasteiger partial charge in [0.15, 0.2) is 0 Å². The molecule has 0 fully saturated rings. The predicted octanol–water partition coefficient (Wildman–Crippen LogP) is 3.53. The molecule has 2 aromatic carbocycles. The van der Waals surface area contributed by atoms with Crippen LogP contribution in [0.3, 0.4) is 0 Å². The van der Waals surface area contributed by atoms with Crippen molar-refractivity contribution in [1.82, 2.24) is 14.5 Å². The van der Waals surface area contributed by atoms with Crippen LogP contribution in [0.1, 0.15) is 33.3 Å². The van der Waals surface area contributed by atoms with Crippen molar-refractivity contribution in [3.8, 4) is 0 Å². The van der Waals surface area contributed by atoms with Gasteiger partial charge in [-0.25, -0.2) is 8.70 Å². The summed E-state index contributed by atoms with van der Waals surface area (Å²) in [5, 5.41) is 2.87. The molecule has 0 saturated heterocycles. The lowest BCUT2D eigenvalue weighted by Gasteiger charge is -2.34. The number of hydrogen-bond acceptors (Lipinski definition) is 4. The minimum absolute atomic E-state index is 0.0874. The highest BCUT2D eigenvalue weighted by Gasteiger charge is 2.33. The van der Waals surface area contributed by atoms with E-state index in [0.29, 0.717) is 0 Å². The first kappa shape index (κ1) is 28.7. The predicted molar refractivity (Wildman–Crippen MR) is 138 cm³/mol. The summed E-state index contributed by atoms with van der Waals surface area (Å²) in [5.41, 5.74) is 0.371. The third-order valence-electron chi connectivity index (χ3n) is 5.07. The van der Waals surface area contributed by atoms with Crippen LogP contribution in [-0.2, 0) is 26.3 Å². The van der Waals surface area contributed by atoms with E-state index in [-0.39, 0.29) is 18.1 Å². The zero-order valence-electron chi connectivity index (χ0n) is 20.7. The lowest BCUT2D eigenvalue weighted by atomic mass is 10.1. The van der Waals surface area contributed by atoms with Gasteiger partial charge in [0.05, 0.1) is 5.69 Å². The highest BCUT2D eigenvalue weighted by Crippen LogP contribution is 2.22. The maximum absolute atomic E-state index is 13.6. The number of amides is 2. The van der Waals surface area contributed by atoms with E-state index in [1.54, 1.807) is 6.92 Å². The van der Waals surface area contributed by atoms with E-state index in [9.17, 15) is 22.4 Å². The first-order chi connectivity index (χ1) is 16.1. The Hall–Kier alpha value is -2.50. The van der Waals surface area contributed by atoms with Gasteiger partial charge >= 0.3 is 10.2 Å². The molecule has 2 rings (SSSR count). The molecule has 0 unspecified atom stereocenters. The van der Waals surface area contributed by atoms with E-state index in [0.717, 1.165) is 30.8 Å². The van der Waals surface area contributed by atoms with Crippen LogP contribution in [0.5, 0.6) is 0 Å². The van der Waals surface area contributed by atoms with Crippen LogP contribution >= 0.6 is 15.9 Å². The highest BCUT2D eigenvalue weighted by atomic mass is 79.9. The fraction of sp³-hybridized carbons (Fsp3) is 0.417. The minimum atomic E-state index is -4.10. The van der Waals surface area contributed by atoms with Crippen molar-refractivity contribution in [2.24, 2.45) is 0 Å². The molecule has 0 aliphatic rings. The van der Waals surface area contributed by atoms with Crippen molar-refractivity contribution >= 4 is 43.6 Å². The van der Waals surface area contributed by atoms with Crippen LogP contribution in [-0.4, -0.2) is 61.7 Å². The molecule has 0 radical (unpaired) electrons. The maximum Gasteiger partial charge on any atom is 0.304 e. The van der Waals surface area contributed by atoms with Gasteiger partial charge in [-0.1, -0.05) is 28.1 Å². The molecule has 35 heavy (non-hydrogen) atoms. The van der Waals surface area contributed by atoms with Crippen molar-refractivity contribution in [1.29, 1.82) is 0 Å². The molecular formula is C24H32BrFN4O4S. The normalized spacial score (nSPS) is 12.8. The number of hydrogen-bond donors (Lipinski definition) is 1. The van der Waals surface area contributed by atoms with Gasteiger partial charge in [-0.05, 0) is 69.7 Å². The van der Waals surface area contributed by atoms with Crippen LogP contribution < -0.4 is 9.62 Å². The monoisotopic (exact) mass is 570 g/mol. The third-order valence-corrected chi connectivity index (χ3v) is 7.41. The van der Waals surface area contributed by atoms with Crippen LogP contribution in [0.2, 0.25) is 0 Å². The van der Waals surface area contributed by atoms with Crippen molar-refractivity contribution in [3.05, 3.63) is 64.4 Å². The molecule has 1 atom stereocenters. The molecule has 0 aliphatic heterocycles. The summed E-state index contributed by atoms with van der Waals surface area (Å²) in [7, 11) is -1.41. The van der Waals surface area contributed by atoms with Crippen molar-refractivity contribution in [2.45, 2.75) is 45.8 Å². The van der Waals surface area contributed by atoms with Crippen LogP contribution in [0.25, 0.3) is 0 Å². The van der Waals surface area contributed by atoms with Gasteiger partial charge < -0.3 is 10.2 Å². The molecular weight excluding hydrogens is 539 g/mol. The molecule has 0 bridgehead atoms. The van der Waals surface area contributed by atoms with E-state index in [1.807, 2.05) is 45.0 Å². The van der Waals surface area contributed by atoms with Crippen molar-refractivity contribution < 1.29 is 22.4 Å². The summed E-state index contributed by atoms with van der Waals surface area (Å²) in [5.74, 6) is -1.49. The van der Waals surface area contributed by atoms with Crippen LogP contribution in [0.15, 0.2) is 53.0 Å². The van der Waals surface area contributed by atoms with Gasteiger partial charge in [0.1, 0.15) is 18.4 Å². The largest absolute Gasteiger partial charge is 0.350 e. The number of carbonyl (C=O) groups is 2. The number of halogens is 2. The minimum Gasteiger partial charge on any atom is -0.350 e. The van der Waals surface area contributed by atoms with Gasteiger partial charge in [0.25, 0.3) is 0 Å². The smallest absolute Gasteiger partial charge is 0.304 e. The molecule has 1 N–H and O–H groups in total. The third kappa shape index (κ3) is 8.01. The first-order valence-electron chi connectivity index (χ1n) is 10.9. The van der Waals surface area contributed by atoms with Gasteiger partial charge in [-0.2, -0.15) is 12.7 Å². The second-order valence-electron chi connectivity index (χ2n) is 9.34. The van der Waals surface area contributed by atoms with E-state index in [4.69, 9.17) is 0 Å². The second-order valence-corrected chi connectivity index (χ2v) is 12.3. The van der Waals surface area contributed by atoms with E-state index >= 15 is 0 Å². The van der Waals surface area contributed by atoms with Crippen molar-refractivity contribution in [2.75, 3.05) is 24.9 Å². The molecule has 0 spiro atoms. The summed E-state index contributed by atoms with van der Waals surface area (Å²) in [6.45, 7) is 6.61. The van der Waals surface area contributed by atoms with Gasteiger partial charge in [0, 0.05) is 30.7 Å². The lowest BCUT2D eigenvalue weighted by molar-refractivity contribution is -0.140. The van der Waals surface area contributed by atoms with E-state index in [1.165, 1.54) is 31.1 Å². The Morgan fingerprint density at radius 2 is 1.57 bits per heavy atom. The fourth-order valence-corrected chi connectivity index (χ4v) is 4.49. The Morgan fingerprint density at radius 3 is 2.06 bits per heavy atom. The Morgan fingerprint density at radius 1 is 1.03 bits per heavy atom. The van der Waals surface area contributed by atoms with Crippen LogP contribution in [0.4, 0.5) is 10.1 Å². The second kappa shape index (κ2) is 11.5. The number of benzene rings is 2. The Bertz CT molecular complexity index is 1130. The quantitative estimate of drug-likeness (QED) is 0.499. The van der Waals surface area contributed by atoms with Crippen LogP contribution in [0, 0.1) is 5.82 Å². The van der Waals surface area contributed by atoms with Crippen molar-refractivity contribution in [3.63, 3.8) is 0 Å². The number of rotatable bonds is 9. The summed E-state index contributed by atoms with van der Waals surface area (Å²) in [6, 6.07) is 11.2. The van der Waals surface area contributed by atoms with Gasteiger partial charge in [-0.3, -0.25) is 9.59 Å². The molecule has 2 aromatic rings. The lowest BCUT2D eigenvalue weighted by Crippen LogP contribution is -2.54. The summed E-state index contributed by atoms with van der Waals surface area (Å²) < 4.78 is 42.4. The molecule has 2 amide bonds. The van der Waals surface area contributed by atoms with E-state index in [2.05, 4.69) is 21.2 Å². The molecule has 11 heteroatoms. The zero-order valence-corrected chi connectivity index (χ0v) is 23.2. The summed E-state index contributed by atoms with van der Waals surface area (Å²) >= 11 is 3.38. The number of nitrogens with zero attached hydrogens (tertiary/aromatic N) is 3. The zero-order chi connectivity index (χ0) is 26.6. The Balaban J connectivity index is 2.45. The molecule has 0 aliphatic carbocycles. The molecule has 192 valence electrons. The number of carbonyl (C=O) groups excluding carboxylic acids is 2. The van der Waals surface area contributed by atoms with E-state index < -0.39 is 40.1 Å². The van der Waals surface area contributed by atoms with Gasteiger partial charge in [-0.15, -0.1) is 0 Å². The Kier molecular flexibility index (Phi) is 9.43. The Labute approximate surface area is 215 Å². The van der Waals surface area contributed by atoms with Gasteiger partial charge in [0.2, 0.25) is 11.8 Å². The molecule has 0 heterocycles. The highest BCUT2D eigenvalue weighted by molar-refractivity contribution is 9.10. The summed E-state index contributed by atoms with van der Waals surface area (Å²) in [4.78, 5) is 27.9. The standard InChI is InChI=1S/C24H32BrFN4O4S/c1-17(23(32)27-24(2,3)4)29(15-18-7-9-19(25)10-8-18)22(31)16-30(35(33,34)28(5)6)21-13-11-20(26)12-14-21/h7-14,17H,15-16H2,1-6H3,(H,27,32)/t17-/m1/s1. The molecule has 0 aromatic heterocycles. The molecule has 0 saturated carbocycles. The number of nitrogens with one attached hydrogen (secondary N) is 1. The number of anilines is 1. The SMILES string of the molecule is C[C@H](C(=O)NC(C)(C)C)N(Cc1ccc(Br)cc1)C(=O)CN(c1ccc(F)cc1)S(=O)(=O)N(C)C. The topological polar surface area (TPSA) is 90.0 Å². The molecule has 8 nitrogen and oxygen atoms in total. The summed E-state index contributed by atoms with van der Waals surface area (Å²) in [6.07, 6.45) is 0. The average molecular weight is 572 g/mol. The maximum atomic E-state index is 13.6. The first-order valence-corrected chi connectivity index (χ1v) is 13.1.